The Kier molecular flexibility index (Phi) is 5.22. The molecular formula is C22H20N2O6. The van der Waals surface area contributed by atoms with Gasteiger partial charge in [0.15, 0.2) is 0 Å². The van der Waals surface area contributed by atoms with Gasteiger partial charge >= 0.3 is 12.0 Å². The maximum absolute atomic E-state index is 12.9. The van der Waals surface area contributed by atoms with Crippen LogP contribution in [0.5, 0.6) is 0 Å². The zero-order chi connectivity index (χ0) is 21.3. The van der Waals surface area contributed by atoms with Crippen LogP contribution in [0.2, 0.25) is 0 Å². The summed E-state index contributed by atoms with van der Waals surface area (Å²) in [5, 5.41) is 11.4. The summed E-state index contributed by atoms with van der Waals surface area (Å²) < 4.78 is 5.71. The number of aromatic carboxylic acids is 1. The molecule has 2 N–H and O–H groups in total. The van der Waals surface area contributed by atoms with Gasteiger partial charge in [0.05, 0.1) is 5.56 Å². The SMILES string of the molecule is O=C1NC(=O)N(C2CCCCC2)C(=O)C1=Cc1ccc(-c2cccc(C(=O)O)c2)o1. The molecule has 2 heterocycles. The second-order valence-corrected chi connectivity index (χ2v) is 7.37. The fourth-order valence-electron chi connectivity index (χ4n) is 3.88. The zero-order valence-corrected chi connectivity index (χ0v) is 16.1. The molecule has 30 heavy (non-hydrogen) atoms. The minimum atomic E-state index is -1.05. The van der Waals surface area contributed by atoms with Gasteiger partial charge in [-0.25, -0.2) is 9.59 Å². The number of nitrogens with zero attached hydrogens (tertiary/aromatic N) is 1. The van der Waals surface area contributed by atoms with E-state index in [0.717, 1.165) is 37.0 Å². The lowest BCUT2D eigenvalue weighted by Crippen LogP contribution is -2.58. The Morgan fingerprint density at radius 1 is 1.10 bits per heavy atom. The van der Waals surface area contributed by atoms with Gasteiger partial charge in [-0.05, 0) is 43.2 Å². The number of nitrogens with one attached hydrogen (secondary N) is 1. The third-order valence-electron chi connectivity index (χ3n) is 5.38. The number of hydrogen-bond acceptors (Lipinski definition) is 5. The van der Waals surface area contributed by atoms with E-state index in [-0.39, 0.29) is 22.9 Å². The van der Waals surface area contributed by atoms with E-state index in [0.29, 0.717) is 11.3 Å². The number of barbiturate groups is 1. The van der Waals surface area contributed by atoms with Crippen LogP contribution in [-0.4, -0.2) is 39.9 Å². The first-order chi connectivity index (χ1) is 14.4. The molecule has 8 heteroatoms. The van der Waals surface area contributed by atoms with E-state index in [9.17, 15) is 19.2 Å². The molecule has 1 aliphatic carbocycles. The van der Waals surface area contributed by atoms with Crippen molar-refractivity contribution in [2.24, 2.45) is 0 Å². The Morgan fingerprint density at radius 2 is 1.87 bits per heavy atom. The molecule has 0 spiro atoms. The molecule has 0 radical (unpaired) electrons. The molecular weight excluding hydrogens is 388 g/mol. The molecule has 154 valence electrons. The summed E-state index contributed by atoms with van der Waals surface area (Å²) >= 11 is 0. The van der Waals surface area contributed by atoms with E-state index in [2.05, 4.69) is 5.32 Å². The second kappa shape index (κ2) is 7.98. The van der Waals surface area contributed by atoms with E-state index in [4.69, 9.17) is 9.52 Å². The molecule has 1 saturated carbocycles. The van der Waals surface area contributed by atoms with Gasteiger partial charge in [-0.15, -0.1) is 0 Å². The number of benzene rings is 1. The third kappa shape index (κ3) is 3.76. The average molecular weight is 408 g/mol. The zero-order valence-electron chi connectivity index (χ0n) is 16.1. The van der Waals surface area contributed by atoms with Gasteiger partial charge in [0.2, 0.25) is 0 Å². The molecule has 1 aromatic heterocycles. The van der Waals surface area contributed by atoms with Crippen molar-refractivity contribution >= 4 is 29.9 Å². The summed E-state index contributed by atoms with van der Waals surface area (Å²) in [7, 11) is 0. The number of rotatable bonds is 4. The van der Waals surface area contributed by atoms with Gasteiger partial charge in [-0.1, -0.05) is 31.4 Å². The van der Waals surface area contributed by atoms with Crippen LogP contribution in [0, 0.1) is 0 Å². The molecule has 2 aromatic rings. The van der Waals surface area contributed by atoms with Crippen molar-refractivity contribution in [3.8, 4) is 11.3 Å². The quantitative estimate of drug-likeness (QED) is 0.591. The van der Waals surface area contributed by atoms with Crippen LogP contribution < -0.4 is 5.32 Å². The molecule has 1 saturated heterocycles. The van der Waals surface area contributed by atoms with Crippen LogP contribution in [-0.2, 0) is 9.59 Å². The molecule has 4 amide bonds. The summed E-state index contributed by atoms with van der Waals surface area (Å²) in [6.45, 7) is 0. The minimum absolute atomic E-state index is 0.118. The Bertz CT molecular complexity index is 1060. The predicted molar refractivity (Wildman–Crippen MR) is 106 cm³/mol. The van der Waals surface area contributed by atoms with Crippen LogP contribution in [0.15, 0.2) is 46.4 Å². The van der Waals surface area contributed by atoms with Crippen molar-refractivity contribution in [1.82, 2.24) is 10.2 Å². The number of hydrogen-bond donors (Lipinski definition) is 2. The molecule has 1 aliphatic heterocycles. The van der Waals surface area contributed by atoms with Gasteiger partial charge < -0.3 is 9.52 Å². The second-order valence-electron chi connectivity index (χ2n) is 7.37. The largest absolute Gasteiger partial charge is 0.478 e. The molecule has 8 nitrogen and oxygen atoms in total. The van der Waals surface area contributed by atoms with E-state index >= 15 is 0 Å². The lowest BCUT2D eigenvalue weighted by molar-refractivity contribution is -0.132. The Morgan fingerprint density at radius 3 is 2.60 bits per heavy atom. The lowest BCUT2D eigenvalue weighted by atomic mass is 9.93. The maximum atomic E-state index is 12.9. The van der Waals surface area contributed by atoms with E-state index in [1.165, 1.54) is 18.2 Å². The number of urea groups is 1. The van der Waals surface area contributed by atoms with Crippen molar-refractivity contribution in [2.75, 3.05) is 0 Å². The minimum Gasteiger partial charge on any atom is -0.478 e. The number of carboxylic acids is 1. The summed E-state index contributed by atoms with van der Waals surface area (Å²) in [5.41, 5.74) is 0.505. The third-order valence-corrected chi connectivity index (χ3v) is 5.38. The van der Waals surface area contributed by atoms with Crippen LogP contribution >= 0.6 is 0 Å². The van der Waals surface area contributed by atoms with Crippen LogP contribution in [0.25, 0.3) is 17.4 Å². The van der Waals surface area contributed by atoms with E-state index in [1.807, 2.05) is 0 Å². The molecule has 0 atom stereocenters. The summed E-state index contributed by atoms with van der Waals surface area (Å²) in [5.74, 6) is -1.79. The monoisotopic (exact) mass is 408 g/mol. The normalized spacial score (nSPS) is 19.3. The smallest absolute Gasteiger partial charge is 0.335 e. The molecule has 4 rings (SSSR count). The number of imide groups is 2. The maximum Gasteiger partial charge on any atom is 0.335 e. The average Bonchev–Trinajstić information content (AvgIpc) is 3.21. The van der Waals surface area contributed by atoms with Crippen LogP contribution in [0.1, 0.15) is 48.2 Å². The van der Waals surface area contributed by atoms with Gasteiger partial charge in [0, 0.05) is 11.6 Å². The van der Waals surface area contributed by atoms with Gasteiger partial charge in [-0.3, -0.25) is 19.8 Å². The fourth-order valence-corrected chi connectivity index (χ4v) is 3.88. The van der Waals surface area contributed by atoms with Crippen LogP contribution in [0.4, 0.5) is 4.79 Å². The highest BCUT2D eigenvalue weighted by molar-refractivity contribution is 6.31. The predicted octanol–water partition coefficient (Wildman–Crippen LogP) is 3.44. The number of amides is 4. The molecule has 1 aromatic carbocycles. The molecule has 0 bridgehead atoms. The van der Waals surface area contributed by atoms with Crippen molar-refractivity contribution in [3.63, 3.8) is 0 Å². The summed E-state index contributed by atoms with van der Waals surface area (Å²) in [6, 6.07) is 8.56. The van der Waals surface area contributed by atoms with Crippen molar-refractivity contribution in [2.45, 2.75) is 38.1 Å². The first-order valence-corrected chi connectivity index (χ1v) is 9.78. The van der Waals surface area contributed by atoms with Crippen molar-refractivity contribution in [3.05, 3.63) is 53.3 Å². The summed E-state index contributed by atoms with van der Waals surface area (Å²) in [4.78, 5) is 49.8. The van der Waals surface area contributed by atoms with Crippen LogP contribution in [0.3, 0.4) is 0 Å². The Hall–Kier alpha value is -3.68. The first kappa shape index (κ1) is 19.6. The van der Waals surface area contributed by atoms with Gasteiger partial charge in [-0.2, -0.15) is 0 Å². The number of carboxylic acid groups (broad SMARTS) is 1. The topological polar surface area (TPSA) is 117 Å². The van der Waals surface area contributed by atoms with Crippen molar-refractivity contribution in [1.29, 1.82) is 0 Å². The molecule has 2 aliphatic rings. The Balaban J connectivity index is 1.61. The first-order valence-electron chi connectivity index (χ1n) is 9.78. The standard InChI is InChI=1S/C22H20N2O6/c25-19-17(20(26)24(22(29)23-19)15-7-2-1-3-8-15)12-16-9-10-18(30-16)13-5-4-6-14(11-13)21(27)28/h4-6,9-12,15H,1-3,7-8H2,(H,27,28)(H,23,25,29). The highest BCUT2D eigenvalue weighted by Gasteiger charge is 2.40. The van der Waals surface area contributed by atoms with E-state index in [1.54, 1.807) is 24.3 Å². The number of carbonyl (C=O) groups is 4. The highest BCUT2D eigenvalue weighted by Crippen LogP contribution is 2.28. The fraction of sp³-hybridized carbons (Fsp3) is 0.273. The molecule has 2 fully saturated rings. The Labute approximate surface area is 172 Å². The van der Waals surface area contributed by atoms with Gasteiger partial charge in [0.25, 0.3) is 11.8 Å². The highest BCUT2D eigenvalue weighted by atomic mass is 16.4. The van der Waals surface area contributed by atoms with Gasteiger partial charge in [0.1, 0.15) is 17.1 Å². The lowest BCUT2D eigenvalue weighted by Gasteiger charge is -2.35. The molecule has 0 unspecified atom stereocenters. The summed E-state index contributed by atoms with van der Waals surface area (Å²) in [6.07, 6.45) is 5.71. The van der Waals surface area contributed by atoms with E-state index < -0.39 is 23.8 Å². The number of carbonyl (C=O) groups excluding carboxylic acids is 3. The number of furan rings is 1. The van der Waals surface area contributed by atoms with Crippen molar-refractivity contribution < 1.29 is 28.7 Å².